The Kier molecular flexibility index (Phi) is 3.48. The molecule has 2 rings (SSSR count). The predicted octanol–water partition coefficient (Wildman–Crippen LogP) is 2.63. The molecule has 0 N–H and O–H groups in total. The van der Waals surface area contributed by atoms with Crippen LogP contribution in [0.4, 0.5) is 0 Å². The summed E-state index contributed by atoms with van der Waals surface area (Å²) < 4.78 is 5.00. The summed E-state index contributed by atoms with van der Waals surface area (Å²) in [7, 11) is 0. The molecular weight excluding hydrogens is 228 g/mol. The number of rotatable bonds is 3. The Labute approximate surface area is 105 Å². The topological polar surface area (TPSA) is 52.1 Å². The van der Waals surface area contributed by atoms with Gasteiger partial charge in [0.1, 0.15) is 0 Å². The van der Waals surface area contributed by atoms with Gasteiger partial charge < -0.3 is 4.74 Å². The van der Waals surface area contributed by atoms with E-state index in [2.05, 4.69) is 16.5 Å². The van der Waals surface area contributed by atoms with Crippen molar-refractivity contribution in [3.05, 3.63) is 54.9 Å². The van der Waals surface area contributed by atoms with Crippen LogP contribution < -0.4 is 4.74 Å². The molecule has 0 unspecified atom stereocenters. The van der Waals surface area contributed by atoms with Gasteiger partial charge in [-0.3, -0.25) is 0 Å². The summed E-state index contributed by atoms with van der Waals surface area (Å²) in [5.74, 6) is 0.416. The lowest BCUT2D eigenvalue weighted by Crippen LogP contribution is -2.08. The fourth-order valence-corrected chi connectivity index (χ4v) is 1.30. The maximum absolute atomic E-state index is 11.3. The van der Waals surface area contributed by atoms with Crippen molar-refractivity contribution in [3.63, 3.8) is 0 Å². The molecule has 18 heavy (non-hydrogen) atoms. The number of hydrogen-bond acceptors (Lipinski definition) is 4. The zero-order chi connectivity index (χ0) is 13.0. The van der Waals surface area contributed by atoms with E-state index in [1.165, 1.54) is 12.4 Å². The molecule has 0 atom stereocenters. The van der Waals surface area contributed by atoms with Crippen molar-refractivity contribution in [2.24, 2.45) is 0 Å². The van der Waals surface area contributed by atoms with Crippen molar-refractivity contribution in [2.75, 3.05) is 0 Å². The Bertz CT molecular complexity index is 562. The van der Waals surface area contributed by atoms with E-state index in [4.69, 9.17) is 4.74 Å². The van der Waals surface area contributed by atoms with Gasteiger partial charge in [0.2, 0.25) is 0 Å². The fourth-order valence-electron chi connectivity index (χ4n) is 1.30. The molecule has 0 fully saturated rings. The molecule has 1 aromatic carbocycles. The molecule has 0 aliphatic carbocycles. The molecule has 2 aromatic rings. The third-order valence-corrected chi connectivity index (χ3v) is 2.22. The van der Waals surface area contributed by atoms with Crippen molar-refractivity contribution < 1.29 is 9.53 Å². The Balaban J connectivity index is 2.16. The first-order chi connectivity index (χ1) is 8.66. The van der Waals surface area contributed by atoms with E-state index in [0.717, 1.165) is 5.56 Å². The second-order valence-electron chi connectivity index (χ2n) is 3.78. The summed E-state index contributed by atoms with van der Waals surface area (Å²) in [6.45, 7) is 5.09. The predicted molar refractivity (Wildman–Crippen MR) is 67.9 cm³/mol. The minimum absolute atomic E-state index is 0.308. The molecule has 4 heteroatoms. The molecule has 0 aliphatic heterocycles. The first-order valence-electron chi connectivity index (χ1n) is 5.42. The summed E-state index contributed by atoms with van der Waals surface area (Å²) >= 11 is 0. The summed E-state index contributed by atoms with van der Waals surface area (Å²) in [5, 5.41) is 0. The largest absolute Gasteiger partial charge is 0.420 e. The lowest BCUT2D eigenvalue weighted by molar-refractivity contribution is -0.130. The number of esters is 1. The molecule has 0 bridgehead atoms. The Morgan fingerprint density at radius 2 is 1.78 bits per heavy atom. The van der Waals surface area contributed by atoms with Gasteiger partial charge in [-0.15, -0.1) is 0 Å². The average Bonchev–Trinajstić information content (AvgIpc) is 2.40. The molecule has 90 valence electrons. The van der Waals surface area contributed by atoms with Gasteiger partial charge in [-0.05, 0) is 6.92 Å². The van der Waals surface area contributed by atoms with Gasteiger partial charge in [0.15, 0.2) is 11.6 Å². The Morgan fingerprint density at radius 3 is 2.33 bits per heavy atom. The van der Waals surface area contributed by atoms with E-state index in [0.29, 0.717) is 17.1 Å². The number of benzene rings is 1. The van der Waals surface area contributed by atoms with Crippen LogP contribution in [0.2, 0.25) is 0 Å². The number of carbonyl (C=O) groups is 1. The van der Waals surface area contributed by atoms with Gasteiger partial charge >= 0.3 is 5.97 Å². The Morgan fingerprint density at radius 1 is 1.17 bits per heavy atom. The standard InChI is InChI=1S/C14H12N2O2/c1-10(2)14(17)18-12-8-15-13(16-9-12)11-6-4-3-5-7-11/h3-9H,1H2,2H3. The highest BCUT2D eigenvalue weighted by Crippen LogP contribution is 2.16. The molecule has 0 aliphatic rings. The van der Waals surface area contributed by atoms with E-state index < -0.39 is 5.97 Å². The lowest BCUT2D eigenvalue weighted by atomic mass is 10.2. The minimum Gasteiger partial charge on any atom is -0.420 e. The summed E-state index contributed by atoms with van der Waals surface area (Å²) in [6.07, 6.45) is 2.94. The second-order valence-corrected chi connectivity index (χ2v) is 3.78. The van der Waals surface area contributed by atoms with Gasteiger partial charge in [-0.1, -0.05) is 36.9 Å². The van der Waals surface area contributed by atoms with Gasteiger partial charge in [-0.25, -0.2) is 14.8 Å². The molecule has 0 saturated heterocycles. The van der Waals surface area contributed by atoms with E-state index >= 15 is 0 Å². The molecule has 4 nitrogen and oxygen atoms in total. The van der Waals surface area contributed by atoms with E-state index in [1.807, 2.05) is 30.3 Å². The Hall–Kier alpha value is -2.49. The number of nitrogens with zero attached hydrogens (tertiary/aromatic N) is 2. The van der Waals surface area contributed by atoms with Crippen LogP contribution in [-0.4, -0.2) is 15.9 Å². The molecule has 0 spiro atoms. The zero-order valence-corrected chi connectivity index (χ0v) is 9.96. The van der Waals surface area contributed by atoms with Crippen molar-refractivity contribution in [2.45, 2.75) is 6.92 Å². The van der Waals surface area contributed by atoms with Crippen LogP contribution in [0.5, 0.6) is 5.75 Å². The third-order valence-electron chi connectivity index (χ3n) is 2.22. The SMILES string of the molecule is C=C(C)C(=O)Oc1cnc(-c2ccccc2)nc1. The fraction of sp³-hybridized carbons (Fsp3) is 0.0714. The van der Waals surface area contributed by atoms with E-state index in [1.54, 1.807) is 6.92 Å². The smallest absolute Gasteiger partial charge is 0.338 e. The first kappa shape index (κ1) is 12.0. The van der Waals surface area contributed by atoms with Crippen LogP contribution in [0.1, 0.15) is 6.92 Å². The van der Waals surface area contributed by atoms with E-state index in [9.17, 15) is 4.79 Å². The summed E-state index contributed by atoms with van der Waals surface area (Å²) in [5.41, 5.74) is 1.25. The highest BCUT2D eigenvalue weighted by molar-refractivity contribution is 5.88. The summed E-state index contributed by atoms with van der Waals surface area (Å²) in [6, 6.07) is 9.57. The number of ether oxygens (including phenoxy) is 1. The summed E-state index contributed by atoms with van der Waals surface area (Å²) in [4.78, 5) is 19.6. The van der Waals surface area contributed by atoms with E-state index in [-0.39, 0.29) is 0 Å². The van der Waals surface area contributed by atoms with Crippen LogP contribution in [0, 0.1) is 0 Å². The number of carbonyl (C=O) groups excluding carboxylic acids is 1. The maximum atomic E-state index is 11.3. The quantitative estimate of drug-likeness (QED) is 0.611. The van der Waals surface area contributed by atoms with Crippen LogP contribution in [0.3, 0.4) is 0 Å². The van der Waals surface area contributed by atoms with Gasteiger partial charge in [-0.2, -0.15) is 0 Å². The molecule has 1 heterocycles. The molecule has 0 amide bonds. The van der Waals surface area contributed by atoms with Crippen molar-refractivity contribution >= 4 is 5.97 Å². The van der Waals surface area contributed by atoms with Crippen molar-refractivity contribution in [1.29, 1.82) is 0 Å². The highest BCUT2D eigenvalue weighted by atomic mass is 16.5. The zero-order valence-electron chi connectivity index (χ0n) is 9.96. The molecule has 0 radical (unpaired) electrons. The average molecular weight is 240 g/mol. The molecular formula is C14H12N2O2. The van der Waals surface area contributed by atoms with Crippen LogP contribution in [0.25, 0.3) is 11.4 Å². The number of aromatic nitrogens is 2. The normalized spacial score (nSPS) is 9.83. The second kappa shape index (κ2) is 5.23. The number of hydrogen-bond donors (Lipinski definition) is 0. The third kappa shape index (κ3) is 2.79. The van der Waals surface area contributed by atoms with Gasteiger partial charge in [0, 0.05) is 11.1 Å². The highest BCUT2D eigenvalue weighted by Gasteiger charge is 2.06. The van der Waals surface area contributed by atoms with Crippen molar-refractivity contribution in [1.82, 2.24) is 9.97 Å². The molecule has 1 aromatic heterocycles. The monoisotopic (exact) mass is 240 g/mol. The lowest BCUT2D eigenvalue weighted by Gasteiger charge is -2.03. The molecule has 0 saturated carbocycles. The van der Waals surface area contributed by atoms with Crippen LogP contribution in [-0.2, 0) is 4.79 Å². The first-order valence-corrected chi connectivity index (χ1v) is 5.42. The maximum Gasteiger partial charge on any atom is 0.338 e. The van der Waals surface area contributed by atoms with Gasteiger partial charge in [0.05, 0.1) is 12.4 Å². The van der Waals surface area contributed by atoms with Crippen molar-refractivity contribution in [3.8, 4) is 17.1 Å². The van der Waals surface area contributed by atoms with Crippen LogP contribution in [0.15, 0.2) is 54.9 Å². The minimum atomic E-state index is -0.480. The van der Waals surface area contributed by atoms with Gasteiger partial charge in [0.25, 0.3) is 0 Å². The van der Waals surface area contributed by atoms with Crippen LogP contribution >= 0.6 is 0 Å².